The van der Waals surface area contributed by atoms with Gasteiger partial charge in [-0.05, 0) is 25.5 Å². The largest absolute Gasteiger partial charge is 0.379 e. The van der Waals surface area contributed by atoms with Gasteiger partial charge in [0.1, 0.15) is 6.10 Å². The topological polar surface area (TPSA) is 58.1 Å². The van der Waals surface area contributed by atoms with Gasteiger partial charge in [-0.15, -0.1) is 0 Å². The summed E-state index contributed by atoms with van der Waals surface area (Å²) < 4.78 is 11.0. The molecule has 140 valence electrons. The summed E-state index contributed by atoms with van der Waals surface area (Å²) in [6.45, 7) is 9.33. The molecular weight excluding hydrogens is 316 g/mol. The fourth-order valence-corrected chi connectivity index (χ4v) is 2.83. The fraction of sp³-hybridized carbons (Fsp3) is 0.632. The molecule has 0 aliphatic carbocycles. The second kappa shape index (κ2) is 11.8. The second-order valence-electron chi connectivity index (χ2n) is 6.09. The van der Waals surface area contributed by atoms with Crippen LogP contribution in [0.15, 0.2) is 35.3 Å². The number of morpholine rings is 1. The molecular formula is C19H32N4O2. The lowest BCUT2D eigenvalue weighted by Crippen LogP contribution is -2.41. The summed E-state index contributed by atoms with van der Waals surface area (Å²) in [6, 6.07) is 10.2. The van der Waals surface area contributed by atoms with Gasteiger partial charge in [0.2, 0.25) is 0 Å². The Labute approximate surface area is 151 Å². The van der Waals surface area contributed by atoms with Crippen LogP contribution in [0.5, 0.6) is 0 Å². The van der Waals surface area contributed by atoms with E-state index in [1.807, 2.05) is 18.2 Å². The summed E-state index contributed by atoms with van der Waals surface area (Å²) in [6.07, 6.45) is 1.07. The normalized spacial score (nSPS) is 17.3. The molecule has 0 aromatic heterocycles. The molecule has 1 fully saturated rings. The third-order valence-corrected chi connectivity index (χ3v) is 4.26. The van der Waals surface area contributed by atoms with Crippen molar-refractivity contribution < 1.29 is 9.47 Å². The summed E-state index contributed by atoms with van der Waals surface area (Å²) in [5, 5.41) is 6.72. The highest BCUT2D eigenvalue weighted by Gasteiger charge is 2.11. The molecule has 0 radical (unpaired) electrons. The van der Waals surface area contributed by atoms with Crippen molar-refractivity contribution in [2.45, 2.75) is 19.4 Å². The van der Waals surface area contributed by atoms with Gasteiger partial charge in [0.15, 0.2) is 5.96 Å². The number of hydrogen-bond acceptors (Lipinski definition) is 4. The zero-order chi connectivity index (χ0) is 17.7. The van der Waals surface area contributed by atoms with Crippen LogP contribution in [-0.4, -0.2) is 70.5 Å². The summed E-state index contributed by atoms with van der Waals surface area (Å²) in [5.74, 6) is 0.849. The highest BCUT2D eigenvalue weighted by Crippen LogP contribution is 2.16. The lowest BCUT2D eigenvalue weighted by molar-refractivity contribution is 0.0376. The Morgan fingerprint density at radius 2 is 2.00 bits per heavy atom. The molecule has 1 aromatic carbocycles. The third kappa shape index (κ3) is 7.42. The van der Waals surface area contributed by atoms with Gasteiger partial charge in [-0.2, -0.15) is 0 Å². The summed E-state index contributed by atoms with van der Waals surface area (Å²) in [5.41, 5.74) is 1.15. The van der Waals surface area contributed by atoms with E-state index < -0.39 is 0 Å². The third-order valence-electron chi connectivity index (χ3n) is 4.26. The summed E-state index contributed by atoms with van der Waals surface area (Å²) in [4.78, 5) is 7.13. The fourth-order valence-electron chi connectivity index (χ4n) is 2.83. The second-order valence-corrected chi connectivity index (χ2v) is 6.09. The minimum Gasteiger partial charge on any atom is -0.379 e. The number of guanidine groups is 1. The van der Waals surface area contributed by atoms with Gasteiger partial charge >= 0.3 is 0 Å². The molecule has 0 spiro atoms. The van der Waals surface area contributed by atoms with Crippen molar-refractivity contribution in [1.29, 1.82) is 0 Å². The molecule has 0 bridgehead atoms. The number of hydrogen-bond donors (Lipinski definition) is 2. The number of ether oxygens (including phenoxy) is 2. The first kappa shape index (κ1) is 19.7. The molecule has 6 heteroatoms. The number of methoxy groups -OCH3 is 1. The molecule has 1 unspecified atom stereocenters. The quantitative estimate of drug-likeness (QED) is 0.404. The monoisotopic (exact) mass is 348 g/mol. The van der Waals surface area contributed by atoms with Crippen molar-refractivity contribution in [2.24, 2.45) is 4.99 Å². The van der Waals surface area contributed by atoms with Gasteiger partial charge in [0.25, 0.3) is 0 Å². The predicted molar refractivity (Wildman–Crippen MR) is 102 cm³/mol. The van der Waals surface area contributed by atoms with E-state index in [0.717, 1.165) is 63.9 Å². The average Bonchev–Trinajstić information content (AvgIpc) is 2.67. The predicted octanol–water partition coefficient (Wildman–Crippen LogP) is 1.65. The maximum Gasteiger partial charge on any atom is 0.191 e. The lowest BCUT2D eigenvalue weighted by Gasteiger charge is -2.26. The van der Waals surface area contributed by atoms with Crippen molar-refractivity contribution in [2.75, 3.05) is 59.6 Å². The van der Waals surface area contributed by atoms with E-state index in [1.165, 1.54) is 0 Å². The summed E-state index contributed by atoms with van der Waals surface area (Å²) >= 11 is 0. The van der Waals surface area contributed by atoms with E-state index in [2.05, 4.69) is 39.6 Å². The van der Waals surface area contributed by atoms with Gasteiger partial charge in [-0.25, -0.2) is 0 Å². The van der Waals surface area contributed by atoms with Crippen LogP contribution in [0.4, 0.5) is 0 Å². The lowest BCUT2D eigenvalue weighted by atomic mass is 10.1. The molecule has 0 saturated carbocycles. The minimum atomic E-state index is -0.0231. The smallest absolute Gasteiger partial charge is 0.191 e. The van der Waals surface area contributed by atoms with E-state index in [-0.39, 0.29) is 6.10 Å². The maximum atomic E-state index is 5.59. The number of rotatable bonds is 9. The van der Waals surface area contributed by atoms with Crippen molar-refractivity contribution in [3.8, 4) is 0 Å². The zero-order valence-corrected chi connectivity index (χ0v) is 15.5. The SMILES string of the molecule is CCNC(=NCC(OC)c1ccccc1)NCCCN1CCOCC1. The Balaban J connectivity index is 1.76. The first-order chi connectivity index (χ1) is 12.3. The average molecular weight is 348 g/mol. The molecule has 25 heavy (non-hydrogen) atoms. The van der Waals surface area contributed by atoms with Gasteiger partial charge in [0, 0.05) is 33.3 Å². The number of nitrogens with zero attached hydrogens (tertiary/aromatic N) is 2. The first-order valence-corrected chi connectivity index (χ1v) is 9.23. The van der Waals surface area contributed by atoms with Gasteiger partial charge in [0.05, 0.1) is 19.8 Å². The van der Waals surface area contributed by atoms with Crippen LogP contribution >= 0.6 is 0 Å². The van der Waals surface area contributed by atoms with Crippen LogP contribution in [0.1, 0.15) is 25.0 Å². The summed E-state index contributed by atoms with van der Waals surface area (Å²) in [7, 11) is 1.73. The van der Waals surface area contributed by atoms with Gasteiger partial charge < -0.3 is 20.1 Å². The van der Waals surface area contributed by atoms with Crippen LogP contribution in [0.2, 0.25) is 0 Å². The van der Waals surface area contributed by atoms with Crippen molar-refractivity contribution in [1.82, 2.24) is 15.5 Å². The minimum absolute atomic E-state index is 0.0231. The Hall–Kier alpha value is -1.63. The van der Waals surface area contributed by atoms with E-state index in [0.29, 0.717) is 6.54 Å². The molecule has 1 aliphatic heterocycles. The van der Waals surface area contributed by atoms with Crippen LogP contribution in [0, 0.1) is 0 Å². The molecule has 1 aromatic rings. The standard InChI is InChI=1S/C19H32N4O2/c1-3-20-19(21-10-7-11-23-12-14-25-15-13-23)22-16-18(24-2)17-8-5-4-6-9-17/h4-6,8-9,18H,3,7,10-16H2,1-2H3,(H2,20,21,22). The van der Waals surface area contributed by atoms with Crippen molar-refractivity contribution >= 4 is 5.96 Å². The van der Waals surface area contributed by atoms with Crippen LogP contribution in [-0.2, 0) is 9.47 Å². The maximum absolute atomic E-state index is 5.59. The molecule has 1 aliphatic rings. The van der Waals surface area contributed by atoms with Crippen LogP contribution in [0.3, 0.4) is 0 Å². The highest BCUT2D eigenvalue weighted by atomic mass is 16.5. The van der Waals surface area contributed by atoms with E-state index in [1.54, 1.807) is 7.11 Å². The Morgan fingerprint density at radius 3 is 2.68 bits per heavy atom. The Kier molecular flexibility index (Phi) is 9.33. The molecule has 1 heterocycles. The number of nitrogens with one attached hydrogen (secondary N) is 2. The van der Waals surface area contributed by atoms with E-state index in [4.69, 9.17) is 9.47 Å². The van der Waals surface area contributed by atoms with Crippen molar-refractivity contribution in [3.63, 3.8) is 0 Å². The number of aliphatic imine (C=N–C) groups is 1. The molecule has 2 rings (SSSR count). The molecule has 1 saturated heterocycles. The number of benzene rings is 1. The zero-order valence-electron chi connectivity index (χ0n) is 15.5. The van der Waals surface area contributed by atoms with Crippen LogP contribution in [0.25, 0.3) is 0 Å². The Morgan fingerprint density at radius 1 is 1.24 bits per heavy atom. The van der Waals surface area contributed by atoms with Gasteiger partial charge in [-0.1, -0.05) is 30.3 Å². The van der Waals surface area contributed by atoms with Crippen LogP contribution < -0.4 is 10.6 Å². The van der Waals surface area contributed by atoms with Crippen molar-refractivity contribution in [3.05, 3.63) is 35.9 Å². The molecule has 1 atom stereocenters. The van der Waals surface area contributed by atoms with E-state index in [9.17, 15) is 0 Å². The molecule has 2 N–H and O–H groups in total. The first-order valence-electron chi connectivity index (χ1n) is 9.23. The highest BCUT2D eigenvalue weighted by molar-refractivity contribution is 5.79. The van der Waals surface area contributed by atoms with E-state index >= 15 is 0 Å². The molecule has 0 amide bonds. The molecule has 6 nitrogen and oxygen atoms in total. The Bertz CT molecular complexity index is 489. The van der Waals surface area contributed by atoms with Gasteiger partial charge in [-0.3, -0.25) is 9.89 Å².